The molecule has 1 aromatic rings. The van der Waals surface area contributed by atoms with Crippen LogP contribution in [-0.4, -0.2) is 16.1 Å². The van der Waals surface area contributed by atoms with Crippen LogP contribution in [0.5, 0.6) is 0 Å². The monoisotopic (exact) mass is 165 g/mol. The van der Waals surface area contributed by atoms with Gasteiger partial charge in [-0.2, -0.15) is 0 Å². The van der Waals surface area contributed by atoms with E-state index in [4.69, 9.17) is 5.73 Å². The van der Waals surface area contributed by atoms with Gasteiger partial charge in [-0.1, -0.05) is 6.58 Å². The lowest BCUT2D eigenvalue weighted by Gasteiger charge is -2.06. The van der Waals surface area contributed by atoms with Crippen molar-refractivity contribution < 1.29 is 0 Å². The summed E-state index contributed by atoms with van der Waals surface area (Å²) in [5.41, 5.74) is 7.60. The van der Waals surface area contributed by atoms with Crippen LogP contribution in [0.4, 0.5) is 0 Å². The van der Waals surface area contributed by atoms with Gasteiger partial charge in [-0.25, -0.2) is 4.98 Å². The molecule has 1 aromatic heterocycles. The Labute approximate surface area is 72.9 Å². The highest BCUT2D eigenvalue weighted by Gasteiger charge is 2.02. The molecule has 0 fully saturated rings. The van der Waals surface area contributed by atoms with Gasteiger partial charge in [0.1, 0.15) is 0 Å². The summed E-state index contributed by atoms with van der Waals surface area (Å²) in [5.74, 6) is 0. The van der Waals surface area contributed by atoms with Crippen LogP contribution in [0.1, 0.15) is 19.0 Å². The molecule has 0 aromatic carbocycles. The van der Waals surface area contributed by atoms with Crippen molar-refractivity contribution in [1.82, 2.24) is 9.55 Å². The Morgan fingerprint density at radius 1 is 1.75 bits per heavy atom. The first kappa shape index (κ1) is 9.00. The molecule has 12 heavy (non-hydrogen) atoms. The minimum absolute atomic E-state index is 0.647. The average Bonchev–Trinajstić information content (AvgIpc) is 2.51. The van der Waals surface area contributed by atoms with Crippen LogP contribution in [0.15, 0.2) is 19.1 Å². The van der Waals surface area contributed by atoms with E-state index in [1.165, 1.54) is 0 Å². The molecule has 0 bridgehead atoms. The topological polar surface area (TPSA) is 43.8 Å². The van der Waals surface area contributed by atoms with Crippen molar-refractivity contribution in [2.24, 2.45) is 5.73 Å². The Balaban J connectivity index is 2.79. The predicted octanol–water partition coefficient (Wildman–Crippen LogP) is 1.27. The van der Waals surface area contributed by atoms with E-state index in [-0.39, 0.29) is 0 Å². The van der Waals surface area contributed by atoms with Gasteiger partial charge in [0.2, 0.25) is 0 Å². The molecule has 0 aliphatic carbocycles. The fraction of sp³-hybridized carbons (Fsp3) is 0.444. The quantitative estimate of drug-likeness (QED) is 0.730. The molecule has 1 rings (SSSR count). The van der Waals surface area contributed by atoms with Crippen molar-refractivity contribution in [2.75, 3.05) is 6.54 Å². The molecule has 0 radical (unpaired) electrons. The van der Waals surface area contributed by atoms with E-state index < -0.39 is 0 Å². The number of nitrogens with two attached hydrogens (primary N) is 1. The first-order chi connectivity index (χ1) is 5.79. The standard InChI is InChI=1S/C9H15N3/c1-3-12-7-11-6-9(12)8(2)4-5-10/h6-7H,2-5,10H2,1H3. The molecule has 66 valence electrons. The molecule has 0 unspecified atom stereocenters. The average molecular weight is 165 g/mol. The third-order valence-corrected chi connectivity index (χ3v) is 1.86. The van der Waals surface area contributed by atoms with Gasteiger partial charge in [0.25, 0.3) is 0 Å². The van der Waals surface area contributed by atoms with E-state index in [9.17, 15) is 0 Å². The number of nitrogens with zero attached hydrogens (tertiary/aromatic N) is 2. The number of aromatic nitrogens is 2. The number of aryl methyl sites for hydroxylation is 1. The van der Waals surface area contributed by atoms with Crippen LogP contribution in [-0.2, 0) is 6.54 Å². The van der Waals surface area contributed by atoms with Crippen LogP contribution in [0, 0.1) is 0 Å². The van der Waals surface area contributed by atoms with Crippen molar-refractivity contribution in [2.45, 2.75) is 19.9 Å². The Hall–Kier alpha value is -1.09. The van der Waals surface area contributed by atoms with Crippen molar-refractivity contribution in [3.63, 3.8) is 0 Å². The van der Waals surface area contributed by atoms with Gasteiger partial charge in [-0.05, 0) is 25.5 Å². The highest BCUT2D eigenvalue weighted by Crippen LogP contribution is 2.14. The van der Waals surface area contributed by atoms with Crippen LogP contribution in [0.25, 0.3) is 5.57 Å². The maximum atomic E-state index is 5.44. The van der Waals surface area contributed by atoms with Crippen LogP contribution >= 0.6 is 0 Å². The molecule has 0 spiro atoms. The van der Waals surface area contributed by atoms with E-state index in [2.05, 4.69) is 23.1 Å². The first-order valence-corrected chi connectivity index (χ1v) is 4.18. The van der Waals surface area contributed by atoms with Gasteiger partial charge in [0.05, 0.1) is 18.2 Å². The molecule has 3 heteroatoms. The molecule has 1 heterocycles. The second-order valence-corrected chi connectivity index (χ2v) is 2.71. The van der Waals surface area contributed by atoms with Crippen molar-refractivity contribution in [3.8, 4) is 0 Å². The lowest BCUT2D eigenvalue weighted by molar-refractivity contribution is 0.748. The summed E-state index contributed by atoms with van der Waals surface area (Å²) in [4.78, 5) is 4.06. The molecule has 0 aliphatic rings. The second-order valence-electron chi connectivity index (χ2n) is 2.71. The number of imidazole rings is 1. The third-order valence-electron chi connectivity index (χ3n) is 1.86. The summed E-state index contributed by atoms with van der Waals surface area (Å²) in [6, 6.07) is 0. The molecule has 0 saturated carbocycles. The lowest BCUT2D eigenvalue weighted by Crippen LogP contribution is -2.03. The summed E-state index contributed by atoms with van der Waals surface area (Å²) in [5, 5.41) is 0. The van der Waals surface area contributed by atoms with E-state index in [1.54, 1.807) is 0 Å². The second kappa shape index (κ2) is 4.07. The Morgan fingerprint density at radius 2 is 2.50 bits per heavy atom. The van der Waals surface area contributed by atoms with Crippen LogP contribution in [0.3, 0.4) is 0 Å². The summed E-state index contributed by atoms with van der Waals surface area (Å²) in [6.45, 7) is 7.61. The number of hydrogen-bond donors (Lipinski definition) is 1. The predicted molar refractivity (Wildman–Crippen MR) is 50.6 cm³/mol. The van der Waals surface area contributed by atoms with Gasteiger partial charge in [-0.3, -0.25) is 0 Å². The Morgan fingerprint density at radius 3 is 3.08 bits per heavy atom. The van der Waals surface area contributed by atoms with Crippen molar-refractivity contribution >= 4 is 5.57 Å². The minimum Gasteiger partial charge on any atom is -0.331 e. The molecular formula is C9H15N3. The molecule has 0 atom stereocenters. The third kappa shape index (κ3) is 1.74. The van der Waals surface area contributed by atoms with E-state index in [1.807, 2.05) is 12.5 Å². The summed E-state index contributed by atoms with van der Waals surface area (Å²) in [7, 11) is 0. The fourth-order valence-corrected chi connectivity index (χ4v) is 1.17. The smallest absolute Gasteiger partial charge is 0.0950 e. The Bertz CT molecular complexity index is 262. The van der Waals surface area contributed by atoms with Gasteiger partial charge in [0.15, 0.2) is 0 Å². The summed E-state index contributed by atoms with van der Waals surface area (Å²) in [6.07, 6.45) is 4.49. The molecule has 0 amide bonds. The van der Waals surface area contributed by atoms with Gasteiger partial charge in [0, 0.05) is 6.54 Å². The zero-order chi connectivity index (χ0) is 8.97. The highest BCUT2D eigenvalue weighted by molar-refractivity contribution is 5.59. The largest absolute Gasteiger partial charge is 0.331 e. The summed E-state index contributed by atoms with van der Waals surface area (Å²) >= 11 is 0. The molecule has 3 nitrogen and oxygen atoms in total. The van der Waals surface area contributed by atoms with Gasteiger partial charge in [-0.15, -0.1) is 0 Å². The van der Waals surface area contributed by atoms with Crippen molar-refractivity contribution in [1.29, 1.82) is 0 Å². The fourth-order valence-electron chi connectivity index (χ4n) is 1.17. The first-order valence-electron chi connectivity index (χ1n) is 4.18. The molecule has 0 aliphatic heterocycles. The van der Waals surface area contributed by atoms with E-state index in [0.717, 1.165) is 24.2 Å². The lowest BCUT2D eigenvalue weighted by atomic mass is 10.1. The highest BCUT2D eigenvalue weighted by atomic mass is 15.0. The van der Waals surface area contributed by atoms with Gasteiger partial charge < -0.3 is 10.3 Å². The maximum Gasteiger partial charge on any atom is 0.0950 e. The van der Waals surface area contributed by atoms with E-state index >= 15 is 0 Å². The zero-order valence-electron chi connectivity index (χ0n) is 7.45. The van der Waals surface area contributed by atoms with Crippen molar-refractivity contribution in [3.05, 3.63) is 24.8 Å². The van der Waals surface area contributed by atoms with Crippen LogP contribution in [0.2, 0.25) is 0 Å². The molecular weight excluding hydrogens is 150 g/mol. The SMILES string of the molecule is C=C(CCN)c1cncn1CC. The molecule has 2 N–H and O–H groups in total. The number of rotatable bonds is 4. The van der Waals surface area contributed by atoms with Crippen LogP contribution < -0.4 is 5.73 Å². The molecule has 0 saturated heterocycles. The summed E-state index contributed by atoms with van der Waals surface area (Å²) < 4.78 is 2.07. The maximum absolute atomic E-state index is 5.44. The minimum atomic E-state index is 0.647. The zero-order valence-corrected chi connectivity index (χ0v) is 7.45. The van der Waals surface area contributed by atoms with E-state index in [0.29, 0.717) is 6.54 Å². The Kier molecular flexibility index (Phi) is 3.05. The normalized spacial score (nSPS) is 10.2. The van der Waals surface area contributed by atoms with Gasteiger partial charge >= 0.3 is 0 Å². The number of hydrogen-bond acceptors (Lipinski definition) is 2.